The van der Waals surface area contributed by atoms with Crippen LogP contribution >= 0.6 is 0 Å². The van der Waals surface area contributed by atoms with Crippen LogP contribution in [0, 0.1) is 0 Å². The number of aliphatic hydroxyl groups excluding tert-OH is 1. The van der Waals surface area contributed by atoms with Crippen molar-refractivity contribution in [2.45, 2.75) is 25.5 Å². The summed E-state index contributed by atoms with van der Waals surface area (Å²) >= 11 is 0. The lowest BCUT2D eigenvalue weighted by Gasteiger charge is -2.11. The number of rotatable bonds is 5. The van der Waals surface area contributed by atoms with Crippen molar-refractivity contribution in [2.75, 3.05) is 7.11 Å². The Morgan fingerprint density at radius 2 is 2.00 bits per heavy atom. The van der Waals surface area contributed by atoms with Crippen molar-refractivity contribution >= 4 is 0 Å². The van der Waals surface area contributed by atoms with Crippen molar-refractivity contribution in [3.63, 3.8) is 0 Å². The predicted molar refractivity (Wildman–Crippen MR) is 89.1 cm³/mol. The summed E-state index contributed by atoms with van der Waals surface area (Å²) in [6, 6.07) is 17.6. The fraction of sp³-hybridized carbons (Fsp3) is 0.263. The molecule has 1 aromatic heterocycles. The molecule has 0 bridgehead atoms. The molecule has 1 aliphatic heterocycles. The van der Waals surface area contributed by atoms with E-state index in [0.717, 1.165) is 48.0 Å². The van der Waals surface area contributed by atoms with E-state index in [1.807, 2.05) is 59.3 Å². The van der Waals surface area contributed by atoms with Crippen LogP contribution in [0.1, 0.15) is 29.7 Å². The highest BCUT2D eigenvalue weighted by atomic mass is 16.5. The average Bonchev–Trinajstić information content (AvgIpc) is 3.26. The molecule has 0 saturated carbocycles. The minimum Gasteiger partial charge on any atom is -0.497 e. The highest BCUT2D eigenvalue weighted by Crippen LogP contribution is 2.25. The summed E-state index contributed by atoms with van der Waals surface area (Å²) in [6.07, 6.45) is 1.49. The molecule has 0 fully saturated rings. The number of benzene rings is 2. The molecule has 1 N–H and O–H groups in total. The molecular formula is C19H20N3O2+. The van der Waals surface area contributed by atoms with E-state index in [1.54, 1.807) is 7.11 Å². The first-order valence-electron chi connectivity index (χ1n) is 8.55. The molecule has 122 valence electrons. The van der Waals surface area contributed by atoms with Crippen molar-refractivity contribution in [2.24, 2.45) is 0 Å². The quantitative estimate of drug-likeness (QED) is 0.732. The van der Waals surface area contributed by atoms with Gasteiger partial charge in [-0.15, -0.1) is 0 Å². The normalized spacial score (nSPS) is 15.0. The van der Waals surface area contributed by atoms with Gasteiger partial charge in [-0.1, -0.05) is 35.0 Å². The van der Waals surface area contributed by atoms with Gasteiger partial charge in [0.2, 0.25) is 1.43 Å². The molecule has 2 aromatic carbocycles. The number of methoxy groups -OCH3 is 1. The average molecular weight is 323 g/mol. The Balaban J connectivity index is 1.84. The first kappa shape index (κ1) is 13.7. The fourth-order valence-electron chi connectivity index (χ4n) is 3.23. The minimum absolute atomic E-state index is 0.523. The zero-order valence-corrected chi connectivity index (χ0v) is 13.6. The first-order valence-corrected chi connectivity index (χ1v) is 8.15. The monoisotopic (exact) mass is 323 g/mol. The standard InChI is InChI=1S/C19H20N3O2/c1-24-16-11-9-14(10-12-16)18(23)19-21-13-5-8-17(21)20-22(19)15-6-3-2-4-7-15/h2-4,6-7,9-12,18,23H,5,8,13H2,1H3/q+1/i23D. The molecule has 2 heterocycles. The van der Waals surface area contributed by atoms with Gasteiger partial charge >= 0.3 is 0 Å². The Morgan fingerprint density at radius 3 is 2.71 bits per heavy atom. The van der Waals surface area contributed by atoms with Crippen LogP contribution in [0.25, 0.3) is 5.69 Å². The number of hydrogen-bond acceptors (Lipinski definition) is 3. The third-order valence-corrected chi connectivity index (χ3v) is 4.46. The molecule has 0 aliphatic carbocycles. The van der Waals surface area contributed by atoms with Gasteiger partial charge in [-0.05, 0) is 36.2 Å². The van der Waals surface area contributed by atoms with E-state index < -0.39 is 6.10 Å². The highest BCUT2D eigenvalue weighted by molar-refractivity contribution is 5.34. The number of aryl methyl sites for hydroxylation is 1. The molecule has 0 spiro atoms. The summed E-state index contributed by atoms with van der Waals surface area (Å²) < 4.78 is 17.0. The number of aliphatic hydroxyl groups is 1. The number of aromatic nitrogens is 3. The van der Waals surface area contributed by atoms with Crippen molar-refractivity contribution in [3.05, 3.63) is 71.8 Å². The van der Waals surface area contributed by atoms with Crippen LogP contribution in [0.4, 0.5) is 0 Å². The van der Waals surface area contributed by atoms with Crippen LogP contribution < -0.4 is 9.30 Å². The summed E-state index contributed by atoms with van der Waals surface area (Å²) in [4.78, 5) is 0. The summed E-state index contributed by atoms with van der Waals surface area (Å²) in [5, 5.41) is 9.95. The van der Waals surface area contributed by atoms with Crippen LogP contribution in [0.2, 0.25) is 0 Å². The van der Waals surface area contributed by atoms with Gasteiger partial charge in [0.05, 0.1) is 13.7 Å². The molecule has 1 aliphatic rings. The van der Waals surface area contributed by atoms with E-state index in [2.05, 4.69) is 4.57 Å². The maximum absolute atomic E-state index is 7.71. The van der Waals surface area contributed by atoms with Crippen molar-refractivity contribution in [1.82, 2.24) is 9.78 Å². The zero-order chi connectivity index (χ0) is 17.2. The maximum atomic E-state index is 7.71. The lowest BCUT2D eigenvalue weighted by Crippen LogP contribution is -2.38. The molecule has 1 unspecified atom stereocenters. The topological polar surface area (TPSA) is 51.2 Å². The Labute approximate surface area is 142 Å². The number of fused-ring (bicyclic) bond motifs is 1. The van der Waals surface area contributed by atoms with Crippen LogP contribution in [0.15, 0.2) is 54.6 Å². The van der Waals surface area contributed by atoms with Gasteiger partial charge < -0.3 is 9.85 Å². The van der Waals surface area contributed by atoms with Crippen molar-refractivity contribution < 1.29 is 14.4 Å². The SMILES string of the molecule is [2H]OC(c1ccc(OC)cc1)c1n(-c2ccccc2)nc2[n+]1CCC2. The van der Waals surface area contributed by atoms with E-state index in [-0.39, 0.29) is 0 Å². The van der Waals surface area contributed by atoms with Crippen LogP contribution in [-0.4, -0.2) is 23.4 Å². The summed E-state index contributed by atoms with van der Waals surface area (Å²) in [7, 11) is 1.64. The first-order chi connectivity index (χ1) is 12.3. The second-order valence-corrected chi connectivity index (χ2v) is 5.93. The Morgan fingerprint density at radius 1 is 1.21 bits per heavy atom. The van der Waals surface area contributed by atoms with Gasteiger partial charge in [0.25, 0.3) is 11.6 Å². The van der Waals surface area contributed by atoms with Crippen LogP contribution in [0.3, 0.4) is 0 Å². The summed E-state index contributed by atoms with van der Waals surface area (Å²) in [5.41, 5.74) is 1.87. The van der Waals surface area contributed by atoms with Crippen LogP contribution in [0.5, 0.6) is 5.75 Å². The number of ether oxygens (including phenoxy) is 1. The van der Waals surface area contributed by atoms with Crippen LogP contribution in [-0.2, 0) is 13.0 Å². The van der Waals surface area contributed by atoms with E-state index in [0.29, 0.717) is 0 Å². The smallest absolute Gasteiger partial charge is 0.278 e. The molecule has 0 radical (unpaired) electrons. The predicted octanol–water partition coefficient (Wildman–Crippen LogP) is 2.20. The molecule has 5 nitrogen and oxygen atoms in total. The van der Waals surface area contributed by atoms with Gasteiger partial charge in [0.15, 0.2) is 6.10 Å². The third kappa shape index (κ3) is 2.47. The molecule has 5 heteroatoms. The summed E-state index contributed by atoms with van der Waals surface area (Å²) in [6.45, 7) is 0.896. The van der Waals surface area contributed by atoms with Gasteiger partial charge in [-0.25, -0.2) is 4.57 Å². The molecule has 24 heavy (non-hydrogen) atoms. The van der Waals surface area contributed by atoms with E-state index in [1.165, 1.54) is 0 Å². The fourth-order valence-corrected chi connectivity index (χ4v) is 3.23. The van der Waals surface area contributed by atoms with Gasteiger partial charge in [0.1, 0.15) is 11.4 Å². The van der Waals surface area contributed by atoms with E-state index >= 15 is 0 Å². The van der Waals surface area contributed by atoms with Gasteiger partial charge in [0, 0.05) is 11.5 Å². The molecule has 1 atom stereocenters. The van der Waals surface area contributed by atoms with Gasteiger partial charge in [-0.3, -0.25) is 0 Å². The maximum Gasteiger partial charge on any atom is 0.278 e. The second kappa shape index (κ2) is 6.09. The van der Waals surface area contributed by atoms with Crippen molar-refractivity contribution in [1.29, 1.82) is 1.43 Å². The lowest BCUT2D eigenvalue weighted by atomic mass is 10.1. The Bertz CT molecular complexity index is 862. The number of para-hydroxylation sites is 1. The minimum atomic E-state index is -0.523. The van der Waals surface area contributed by atoms with E-state index in [9.17, 15) is 0 Å². The molecule has 4 rings (SSSR count). The number of hydrogen-bond donors (Lipinski definition) is 1. The Kier molecular flexibility index (Phi) is 3.49. The van der Waals surface area contributed by atoms with Gasteiger partial charge in [-0.2, -0.15) is 0 Å². The number of nitrogens with zero attached hydrogens (tertiary/aromatic N) is 3. The summed E-state index contributed by atoms with van der Waals surface area (Å²) in [5.74, 6) is 2.69. The third-order valence-electron chi connectivity index (χ3n) is 4.46. The second-order valence-electron chi connectivity index (χ2n) is 5.93. The molecule has 0 saturated heterocycles. The zero-order valence-electron chi connectivity index (χ0n) is 14.6. The molecule has 3 aromatic rings. The van der Waals surface area contributed by atoms with E-state index in [4.69, 9.17) is 16.4 Å². The van der Waals surface area contributed by atoms with Crippen molar-refractivity contribution in [3.8, 4) is 11.4 Å². The molecule has 0 amide bonds. The highest BCUT2D eigenvalue weighted by Gasteiger charge is 2.35. The lowest BCUT2D eigenvalue weighted by molar-refractivity contribution is -0.701. The Hall–Kier alpha value is -2.66. The largest absolute Gasteiger partial charge is 0.497 e. The molecular weight excluding hydrogens is 302 g/mol.